The van der Waals surface area contributed by atoms with Crippen LogP contribution in [0.15, 0.2) is 48.5 Å². The quantitative estimate of drug-likeness (QED) is 0.533. The van der Waals surface area contributed by atoms with Gasteiger partial charge in [0.15, 0.2) is 0 Å². The van der Waals surface area contributed by atoms with Crippen LogP contribution in [0.4, 0.5) is 0 Å². The van der Waals surface area contributed by atoms with Crippen LogP contribution in [0.3, 0.4) is 0 Å². The third-order valence-electron chi connectivity index (χ3n) is 4.49. The maximum Gasteiger partial charge on any atom is 0.335 e. The molecule has 0 bridgehead atoms. The van der Waals surface area contributed by atoms with E-state index in [4.69, 9.17) is 4.74 Å². The van der Waals surface area contributed by atoms with Gasteiger partial charge in [0.05, 0.1) is 7.11 Å². The van der Waals surface area contributed by atoms with Crippen molar-refractivity contribution in [2.45, 2.75) is 26.3 Å². The normalized spacial score (nSPS) is 10.9. The van der Waals surface area contributed by atoms with Crippen molar-refractivity contribution < 1.29 is 4.74 Å². The molecule has 0 unspecified atom stereocenters. The van der Waals surface area contributed by atoms with E-state index in [1.807, 2.05) is 22.9 Å². The van der Waals surface area contributed by atoms with Crippen molar-refractivity contribution in [1.29, 1.82) is 0 Å². The smallest absolute Gasteiger partial charge is 0.335 e. The molecule has 0 aliphatic rings. The van der Waals surface area contributed by atoms with Gasteiger partial charge >= 0.3 is 6.01 Å². The zero-order valence-corrected chi connectivity index (χ0v) is 15.8. The van der Waals surface area contributed by atoms with E-state index in [9.17, 15) is 0 Å². The van der Waals surface area contributed by atoms with Crippen molar-refractivity contribution in [2.75, 3.05) is 7.11 Å². The van der Waals surface area contributed by atoms with E-state index in [1.165, 1.54) is 0 Å². The molecule has 0 saturated carbocycles. The van der Waals surface area contributed by atoms with Crippen molar-refractivity contribution in [3.63, 3.8) is 0 Å². The van der Waals surface area contributed by atoms with Crippen molar-refractivity contribution in [1.82, 2.24) is 35.4 Å². The third-order valence-corrected chi connectivity index (χ3v) is 4.49. The molecule has 2 aromatic carbocycles. The fourth-order valence-corrected chi connectivity index (χ4v) is 3.15. The van der Waals surface area contributed by atoms with Gasteiger partial charge in [-0.3, -0.25) is 0 Å². The molecule has 0 spiro atoms. The molecule has 28 heavy (non-hydrogen) atoms. The van der Waals surface area contributed by atoms with Gasteiger partial charge in [-0.25, -0.2) is 4.68 Å². The second-order valence-electron chi connectivity index (χ2n) is 6.39. The van der Waals surface area contributed by atoms with E-state index in [0.717, 1.165) is 41.0 Å². The van der Waals surface area contributed by atoms with Gasteiger partial charge in [0.1, 0.15) is 5.82 Å². The number of nitrogens with zero attached hydrogens (tertiary/aromatic N) is 6. The summed E-state index contributed by atoms with van der Waals surface area (Å²) >= 11 is 0. The highest BCUT2D eigenvalue weighted by Crippen LogP contribution is 2.30. The molecule has 0 amide bonds. The number of H-pyrrole nitrogens is 1. The minimum absolute atomic E-state index is 0.411. The first kappa shape index (κ1) is 17.8. The molecule has 0 aliphatic carbocycles. The van der Waals surface area contributed by atoms with E-state index in [2.05, 4.69) is 68.0 Å². The maximum absolute atomic E-state index is 5.18. The van der Waals surface area contributed by atoms with Crippen molar-refractivity contribution in [2.24, 2.45) is 0 Å². The van der Waals surface area contributed by atoms with Gasteiger partial charge in [-0.15, -0.1) is 15.3 Å². The molecule has 4 aromatic rings. The molecule has 0 saturated heterocycles. The number of rotatable bonds is 7. The first-order chi connectivity index (χ1) is 13.8. The summed E-state index contributed by atoms with van der Waals surface area (Å²) in [7, 11) is 1.59. The summed E-state index contributed by atoms with van der Waals surface area (Å²) in [4.78, 5) is 4.47. The highest BCUT2D eigenvalue weighted by atomic mass is 16.5. The van der Waals surface area contributed by atoms with Gasteiger partial charge in [0.2, 0.25) is 5.82 Å². The Hall–Kier alpha value is -3.55. The van der Waals surface area contributed by atoms with E-state index >= 15 is 0 Å². The number of aromatic amines is 1. The van der Waals surface area contributed by atoms with Crippen LogP contribution in [0, 0.1) is 0 Å². The molecule has 2 heterocycles. The van der Waals surface area contributed by atoms with Gasteiger partial charge in [-0.1, -0.05) is 55.5 Å². The minimum Gasteiger partial charge on any atom is -0.466 e. The number of benzene rings is 2. The average molecular weight is 375 g/mol. The number of aryl methyl sites for hydroxylation is 1. The van der Waals surface area contributed by atoms with Gasteiger partial charge in [-0.05, 0) is 28.3 Å². The van der Waals surface area contributed by atoms with Crippen molar-refractivity contribution in [3.8, 4) is 28.5 Å². The highest BCUT2D eigenvalue weighted by Gasteiger charge is 2.12. The Balaban J connectivity index is 1.60. The van der Waals surface area contributed by atoms with Crippen molar-refractivity contribution >= 4 is 0 Å². The first-order valence-electron chi connectivity index (χ1n) is 9.18. The van der Waals surface area contributed by atoms with E-state index < -0.39 is 0 Å². The molecular weight excluding hydrogens is 354 g/mol. The number of methoxy groups -OCH3 is 1. The fourth-order valence-electron chi connectivity index (χ4n) is 3.15. The molecule has 142 valence electrons. The molecule has 0 atom stereocenters. The Bertz CT molecular complexity index is 1040. The summed E-state index contributed by atoms with van der Waals surface area (Å²) < 4.78 is 7.10. The van der Waals surface area contributed by atoms with Crippen LogP contribution in [-0.2, 0) is 13.0 Å². The van der Waals surface area contributed by atoms with E-state index in [0.29, 0.717) is 18.3 Å². The summed E-state index contributed by atoms with van der Waals surface area (Å²) in [5.41, 5.74) is 4.26. The summed E-state index contributed by atoms with van der Waals surface area (Å²) in [6, 6.07) is 16.9. The molecule has 0 fully saturated rings. The van der Waals surface area contributed by atoms with Gasteiger partial charge < -0.3 is 4.74 Å². The Morgan fingerprint density at radius 1 is 1.04 bits per heavy atom. The Labute approximate surface area is 162 Å². The zero-order chi connectivity index (χ0) is 19.3. The van der Waals surface area contributed by atoms with Crippen LogP contribution in [0.5, 0.6) is 6.01 Å². The van der Waals surface area contributed by atoms with E-state index in [-0.39, 0.29) is 0 Å². The van der Waals surface area contributed by atoms with E-state index in [1.54, 1.807) is 7.11 Å². The van der Waals surface area contributed by atoms with Crippen LogP contribution in [-0.4, -0.2) is 42.5 Å². The SMILES string of the molecule is CCCn1nc(OC)nc1Cc1ccc(-c2ccccc2-c2nn[nH]n2)cc1. The van der Waals surface area contributed by atoms with Crippen LogP contribution < -0.4 is 4.74 Å². The Morgan fingerprint density at radius 2 is 1.82 bits per heavy atom. The number of ether oxygens (including phenoxy) is 1. The number of hydrogen-bond acceptors (Lipinski definition) is 6. The minimum atomic E-state index is 0.411. The Morgan fingerprint density at radius 3 is 2.50 bits per heavy atom. The summed E-state index contributed by atoms with van der Waals surface area (Å²) in [5, 5.41) is 18.8. The topological polar surface area (TPSA) is 94.4 Å². The lowest BCUT2D eigenvalue weighted by atomic mass is 9.98. The molecule has 0 radical (unpaired) electrons. The molecule has 8 nitrogen and oxygen atoms in total. The van der Waals surface area contributed by atoms with Gasteiger partial charge in [-0.2, -0.15) is 10.2 Å². The zero-order valence-electron chi connectivity index (χ0n) is 15.8. The number of hydrogen-bond donors (Lipinski definition) is 1. The number of nitrogens with one attached hydrogen (secondary N) is 1. The lowest BCUT2D eigenvalue weighted by molar-refractivity contribution is 0.375. The van der Waals surface area contributed by atoms with Crippen LogP contribution in [0.2, 0.25) is 0 Å². The lowest BCUT2D eigenvalue weighted by Gasteiger charge is -2.08. The first-order valence-corrected chi connectivity index (χ1v) is 9.18. The largest absolute Gasteiger partial charge is 0.466 e. The van der Waals surface area contributed by atoms with Crippen molar-refractivity contribution in [3.05, 3.63) is 59.9 Å². The maximum atomic E-state index is 5.18. The standard InChI is InChI=1S/C20H21N7O/c1-3-12-27-18(21-20(24-27)28-2)13-14-8-10-15(11-9-14)16-6-4-5-7-17(16)19-22-25-26-23-19/h4-11H,3,12-13H2,1-2H3,(H,22,23,25,26). The molecule has 1 N–H and O–H groups in total. The Kier molecular flexibility index (Phi) is 5.09. The lowest BCUT2D eigenvalue weighted by Crippen LogP contribution is -2.06. The predicted molar refractivity (Wildman–Crippen MR) is 105 cm³/mol. The third kappa shape index (κ3) is 3.62. The fraction of sp³-hybridized carbons (Fsp3) is 0.250. The summed E-state index contributed by atoms with van der Waals surface area (Å²) in [6.45, 7) is 2.94. The molecule has 0 aliphatic heterocycles. The number of tetrazole rings is 1. The second-order valence-corrected chi connectivity index (χ2v) is 6.39. The average Bonchev–Trinajstić information content (AvgIpc) is 3.39. The molecule has 8 heteroatoms. The van der Waals surface area contributed by atoms with Gasteiger partial charge in [0.25, 0.3) is 0 Å². The molecule has 4 rings (SSSR count). The number of aromatic nitrogens is 7. The molecule has 2 aromatic heterocycles. The monoisotopic (exact) mass is 375 g/mol. The van der Waals surface area contributed by atoms with Gasteiger partial charge in [0, 0.05) is 18.5 Å². The van der Waals surface area contributed by atoms with Crippen LogP contribution >= 0.6 is 0 Å². The summed E-state index contributed by atoms with van der Waals surface area (Å²) in [6.07, 6.45) is 1.69. The second kappa shape index (κ2) is 7.99. The van der Waals surface area contributed by atoms with Crippen LogP contribution in [0.25, 0.3) is 22.5 Å². The predicted octanol–water partition coefficient (Wildman–Crippen LogP) is 3.13. The summed E-state index contributed by atoms with van der Waals surface area (Å²) in [5.74, 6) is 1.48. The van der Waals surface area contributed by atoms with Crippen LogP contribution in [0.1, 0.15) is 24.7 Å². The highest BCUT2D eigenvalue weighted by molar-refractivity contribution is 5.80. The molecular formula is C20H21N7O.